The van der Waals surface area contributed by atoms with Crippen LogP contribution < -0.4 is 9.62 Å². The summed E-state index contributed by atoms with van der Waals surface area (Å²) in [6, 6.07) is 12.3. The van der Waals surface area contributed by atoms with Crippen LogP contribution in [0.1, 0.15) is 32.8 Å². The second kappa shape index (κ2) is 8.06. The molecular formula is C22H21ClN2O3S2. The van der Waals surface area contributed by atoms with Gasteiger partial charge in [0.05, 0.1) is 9.77 Å². The molecule has 0 saturated heterocycles. The smallest absolute Gasteiger partial charge is 0.268 e. The number of benzene rings is 2. The summed E-state index contributed by atoms with van der Waals surface area (Å²) in [6.45, 7) is 4.15. The molecule has 0 bridgehead atoms. The first-order chi connectivity index (χ1) is 14.3. The molecule has 0 aliphatic carbocycles. The van der Waals surface area contributed by atoms with Crippen molar-refractivity contribution in [3.63, 3.8) is 0 Å². The molecule has 0 radical (unpaired) electrons. The zero-order valence-corrected chi connectivity index (χ0v) is 19.0. The van der Waals surface area contributed by atoms with Crippen molar-refractivity contribution in [2.24, 2.45) is 0 Å². The Morgan fingerprint density at radius 3 is 2.67 bits per heavy atom. The molecule has 0 fully saturated rings. The molecular weight excluding hydrogens is 440 g/mol. The third kappa shape index (κ3) is 3.97. The van der Waals surface area contributed by atoms with Gasteiger partial charge in [-0.05, 0) is 85.2 Å². The molecule has 4 rings (SSSR count). The molecule has 30 heavy (non-hydrogen) atoms. The Balaban J connectivity index is 1.63. The lowest BCUT2D eigenvalue weighted by Gasteiger charge is -2.29. The van der Waals surface area contributed by atoms with Gasteiger partial charge in [-0.3, -0.25) is 9.52 Å². The number of nitrogens with one attached hydrogen (secondary N) is 1. The maximum absolute atomic E-state index is 13.0. The Labute approximate surface area is 185 Å². The maximum atomic E-state index is 13.0. The van der Waals surface area contributed by atoms with Gasteiger partial charge in [0.2, 0.25) is 0 Å². The van der Waals surface area contributed by atoms with Gasteiger partial charge in [-0.25, -0.2) is 8.42 Å². The van der Waals surface area contributed by atoms with Crippen LogP contribution in [-0.2, 0) is 16.4 Å². The van der Waals surface area contributed by atoms with E-state index in [1.54, 1.807) is 36.9 Å². The van der Waals surface area contributed by atoms with Gasteiger partial charge in [0.15, 0.2) is 0 Å². The van der Waals surface area contributed by atoms with E-state index >= 15 is 0 Å². The van der Waals surface area contributed by atoms with Crippen LogP contribution in [-0.4, -0.2) is 20.9 Å². The van der Waals surface area contributed by atoms with Crippen molar-refractivity contribution >= 4 is 50.2 Å². The second-order valence-electron chi connectivity index (χ2n) is 7.35. The van der Waals surface area contributed by atoms with Crippen molar-refractivity contribution in [3.05, 3.63) is 74.4 Å². The minimum absolute atomic E-state index is 0.0217. The highest BCUT2D eigenvalue weighted by molar-refractivity contribution is 7.92. The van der Waals surface area contributed by atoms with E-state index in [0.29, 0.717) is 33.3 Å². The first kappa shape index (κ1) is 20.9. The summed E-state index contributed by atoms with van der Waals surface area (Å²) in [7, 11) is -3.76. The fraction of sp³-hybridized carbons (Fsp3) is 0.227. The normalized spacial score (nSPS) is 13.8. The summed E-state index contributed by atoms with van der Waals surface area (Å²) < 4.78 is 28.6. The van der Waals surface area contributed by atoms with Crippen LogP contribution in [0.2, 0.25) is 5.02 Å². The standard InChI is InChI=1S/C22H21ClN2O3S2/c1-14-12-21(15(2)11-18(14)23)30(27,28)24-17-7-8-19-16(13-17)5-3-9-25(19)22(26)20-6-4-10-29-20/h4,6-8,10-13,24H,3,5,9H2,1-2H3. The summed E-state index contributed by atoms with van der Waals surface area (Å²) in [5.41, 5.74) is 3.56. The van der Waals surface area contributed by atoms with Gasteiger partial charge < -0.3 is 4.90 Å². The number of carbonyl (C=O) groups is 1. The lowest BCUT2D eigenvalue weighted by Crippen LogP contribution is -2.35. The number of hydrogen-bond acceptors (Lipinski definition) is 4. The van der Waals surface area contributed by atoms with Crippen LogP contribution in [0.15, 0.2) is 52.7 Å². The first-order valence-electron chi connectivity index (χ1n) is 9.54. The fourth-order valence-electron chi connectivity index (χ4n) is 3.66. The summed E-state index contributed by atoms with van der Waals surface area (Å²) in [5.74, 6) is -0.0217. The molecule has 8 heteroatoms. The van der Waals surface area contributed by atoms with Crippen LogP contribution in [0.3, 0.4) is 0 Å². The number of hydrogen-bond donors (Lipinski definition) is 1. The first-order valence-corrected chi connectivity index (χ1v) is 12.3. The lowest BCUT2D eigenvalue weighted by molar-refractivity contribution is 0.0989. The van der Waals surface area contributed by atoms with E-state index in [1.807, 2.05) is 29.6 Å². The van der Waals surface area contributed by atoms with Gasteiger partial charge in [0.1, 0.15) is 0 Å². The zero-order chi connectivity index (χ0) is 21.5. The van der Waals surface area contributed by atoms with Gasteiger partial charge in [-0.1, -0.05) is 17.7 Å². The fourth-order valence-corrected chi connectivity index (χ4v) is 5.91. The molecule has 1 aromatic heterocycles. The van der Waals surface area contributed by atoms with Gasteiger partial charge in [0.25, 0.3) is 15.9 Å². The largest absolute Gasteiger partial charge is 0.307 e. The van der Waals surface area contributed by atoms with Crippen molar-refractivity contribution in [1.29, 1.82) is 0 Å². The van der Waals surface area contributed by atoms with Crippen LogP contribution >= 0.6 is 22.9 Å². The summed E-state index contributed by atoms with van der Waals surface area (Å²) in [5, 5.41) is 2.42. The number of halogens is 1. The number of aryl methyl sites for hydroxylation is 3. The van der Waals surface area contributed by atoms with E-state index in [9.17, 15) is 13.2 Å². The van der Waals surface area contributed by atoms with Crippen molar-refractivity contribution in [1.82, 2.24) is 0 Å². The highest BCUT2D eigenvalue weighted by Gasteiger charge is 2.25. The minimum atomic E-state index is -3.76. The van der Waals surface area contributed by atoms with Crippen LogP contribution in [0.25, 0.3) is 0 Å². The van der Waals surface area contributed by atoms with Crippen molar-refractivity contribution < 1.29 is 13.2 Å². The van der Waals surface area contributed by atoms with E-state index in [-0.39, 0.29) is 10.8 Å². The Morgan fingerprint density at radius 1 is 1.13 bits per heavy atom. The highest BCUT2D eigenvalue weighted by Crippen LogP contribution is 2.33. The van der Waals surface area contributed by atoms with E-state index < -0.39 is 10.0 Å². The van der Waals surface area contributed by atoms with Gasteiger partial charge in [-0.2, -0.15) is 0 Å². The Hall–Kier alpha value is -2.35. The minimum Gasteiger partial charge on any atom is -0.307 e. The van der Waals surface area contributed by atoms with Gasteiger partial charge >= 0.3 is 0 Å². The Morgan fingerprint density at radius 2 is 1.93 bits per heavy atom. The highest BCUT2D eigenvalue weighted by atomic mass is 35.5. The van der Waals surface area contributed by atoms with E-state index in [0.717, 1.165) is 24.1 Å². The molecule has 1 amide bonds. The number of nitrogens with zero attached hydrogens (tertiary/aromatic N) is 1. The molecule has 1 aliphatic rings. The molecule has 0 unspecified atom stereocenters. The maximum Gasteiger partial charge on any atom is 0.268 e. The lowest BCUT2D eigenvalue weighted by atomic mass is 10.0. The summed E-state index contributed by atoms with van der Waals surface area (Å²) >= 11 is 7.52. The predicted octanol–water partition coefficient (Wildman–Crippen LogP) is 5.41. The molecule has 0 atom stereocenters. The number of carbonyl (C=O) groups excluding carboxylic acids is 1. The molecule has 3 aromatic rings. The molecule has 1 N–H and O–H groups in total. The number of thiophene rings is 1. The number of anilines is 2. The second-order valence-corrected chi connectivity index (χ2v) is 10.4. The van der Waals surface area contributed by atoms with E-state index in [2.05, 4.69) is 4.72 Å². The number of fused-ring (bicyclic) bond motifs is 1. The van der Waals surface area contributed by atoms with Crippen LogP contribution in [0, 0.1) is 13.8 Å². The number of sulfonamides is 1. The van der Waals surface area contributed by atoms with E-state index in [1.165, 1.54) is 11.3 Å². The zero-order valence-electron chi connectivity index (χ0n) is 16.6. The third-order valence-electron chi connectivity index (χ3n) is 5.17. The average Bonchev–Trinajstić information content (AvgIpc) is 3.24. The predicted molar refractivity (Wildman–Crippen MR) is 122 cm³/mol. The summed E-state index contributed by atoms with van der Waals surface area (Å²) in [4.78, 5) is 15.5. The quantitative estimate of drug-likeness (QED) is 0.565. The molecule has 2 heterocycles. The van der Waals surface area contributed by atoms with E-state index in [4.69, 9.17) is 11.6 Å². The molecule has 0 saturated carbocycles. The van der Waals surface area contributed by atoms with Gasteiger partial charge in [-0.15, -0.1) is 11.3 Å². The topological polar surface area (TPSA) is 66.5 Å². The monoisotopic (exact) mass is 460 g/mol. The number of amides is 1. The van der Waals surface area contributed by atoms with Crippen molar-refractivity contribution in [2.45, 2.75) is 31.6 Å². The van der Waals surface area contributed by atoms with Crippen molar-refractivity contribution in [3.8, 4) is 0 Å². The van der Waals surface area contributed by atoms with Crippen molar-refractivity contribution in [2.75, 3.05) is 16.2 Å². The van der Waals surface area contributed by atoms with Crippen LogP contribution in [0.4, 0.5) is 11.4 Å². The molecule has 1 aliphatic heterocycles. The Kier molecular flexibility index (Phi) is 5.61. The third-order valence-corrected chi connectivity index (χ3v) is 7.96. The average molecular weight is 461 g/mol. The molecule has 2 aromatic carbocycles. The van der Waals surface area contributed by atoms with Gasteiger partial charge in [0, 0.05) is 22.9 Å². The molecule has 5 nitrogen and oxygen atoms in total. The molecule has 0 spiro atoms. The number of rotatable bonds is 4. The Bertz CT molecular complexity index is 1220. The SMILES string of the molecule is Cc1cc(S(=O)(=O)Nc2ccc3c(c2)CCCN3C(=O)c2cccs2)c(C)cc1Cl. The van der Waals surface area contributed by atoms with Crippen LogP contribution in [0.5, 0.6) is 0 Å². The molecule has 156 valence electrons. The summed E-state index contributed by atoms with van der Waals surface area (Å²) in [6.07, 6.45) is 1.62.